The second kappa shape index (κ2) is 23.1. The third-order valence-electron chi connectivity index (χ3n) is 0.365. The van der Waals surface area contributed by atoms with Gasteiger partial charge < -0.3 is 97.1 Å². The normalized spacial score (nSPS) is 10.5. The topological polar surface area (TPSA) is 382 Å². The third kappa shape index (κ3) is 95.4. The van der Waals surface area contributed by atoms with Gasteiger partial charge in [-0.1, -0.05) is 0 Å². The van der Waals surface area contributed by atoms with Crippen molar-refractivity contribution in [2.24, 2.45) is 0 Å². The van der Waals surface area contributed by atoms with Crippen molar-refractivity contribution in [1.29, 1.82) is 0 Å². The van der Waals surface area contributed by atoms with Crippen molar-refractivity contribution >= 4 is 31.3 Å². The molecule has 0 bridgehead atoms. The number of hydrogen-bond donors (Lipinski definition) is 0. The van der Waals surface area contributed by atoms with Crippen LogP contribution in [0.4, 0.5) is 0 Å². The van der Waals surface area contributed by atoms with Gasteiger partial charge >= 0.3 is 65.2 Å². The predicted molar refractivity (Wildman–Crippen MR) is 34.8 cm³/mol. The molecule has 0 saturated heterocycles. The van der Waals surface area contributed by atoms with Crippen molar-refractivity contribution in [3.8, 4) is 0 Å². The Morgan fingerprint density at radius 2 is 0.407 bits per heavy atom. The Kier molecular flexibility index (Phi) is 40.4. The quantitative estimate of drug-likeness (QED) is 0.127. The van der Waals surface area contributed by atoms with Crippen molar-refractivity contribution in [1.82, 2.24) is 0 Å². The molecule has 0 amide bonds. The maximum absolute atomic E-state index is 8.94. The Morgan fingerprint density at radius 1 is 0.370 bits per heavy atom. The molecule has 0 N–H and O–H groups in total. The molecule has 0 aromatic heterocycles. The fraction of sp³-hybridized carbons (Fsp3) is 0. The summed E-state index contributed by atoms with van der Waals surface area (Å²) < 4.78 is 44.3. The zero-order valence-corrected chi connectivity index (χ0v) is 19.7. The van der Waals surface area contributed by atoms with E-state index in [9.17, 15) is 0 Å². The van der Waals surface area contributed by atoms with Crippen LogP contribution in [0.25, 0.3) is 0 Å². The van der Waals surface area contributed by atoms with E-state index in [0.29, 0.717) is 0 Å². The van der Waals surface area contributed by atoms with E-state index in [4.69, 9.17) is 78.4 Å². The van der Waals surface area contributed by atoms with Crippen LogP contribution in [-0.4, -0.2) is 0 Å². The third-order valence-corrected chi connectivity index (χ3v) is 1.10. The predicted octanol–water partition coefficient (Wildman–Crippen LogP) is -11.6. The Hall–Kier alpha value is 2.42. The molecule has 0 aliphatic rings. The van der Waals surface area contributed by atoms with Gasteiger partial charge in [-0.3, -0.25) is 0 Å². The molecule has 0 aromatic carbocycles. The van der Waals surface area contributed by atoms with Crippen molar-refractivity contribution in [3.05, 3.63) is 0 Å². The van der Waals surface area contributed by atoms with Gasteiger partial charge in [0.25, 0.3) is 0 Å². The molecule has 27 heavy (non-hydrogen) atoms. The van der Waals surface area contributed by atoms with Gasteiger partial charge in [0.2, 0.25) is 0 Å². The first-order valence-corrected chi connectivity index (χ1v) is 9.43. The van der Waals surface area contributed by atoms with Gasteiger partial charge in [0.15, 0.2) is 0 Å². The summed E-state index contributed by atoms with van der Waals surface area (Å²) >= 11 is 0. The molecule has 0 spiro atoms. The van der Waals surface area contributed by atoms with E-state index in [1.54, 1.807) is 0 Å². The Bertz CT molecular complexity index is 374. The summed E-state index contributed by atoms with van der Waals surface area (Å²) in [6.07, 6.45) is 0. The van der Waals surface area contributed by atoms with Crippen molar-refractivity contribution < 1.29 is 162 Å². The number of phosphoric acid groups is 4. The molecule has 0 unspecified atom stereocenters. The minimum absolute atomic E-state index is 0. The van der Waals surface area contributed by atoms with Gasteiger partial charge in [-0.2, -0.15) is 0 Å². The molecule has 0 fully saturated rings. The van der Waals surface area contributed by atoms with Crippen LogP contribution in [0.2, 0.25) is 0 Å². The zero-order valence-electron chi connectivity index (χ0n) is 11.5. The minimum atomic E-state index is -5.20. The molecular weight excluding hydrogens is 587 g/mol. The van der Waals surface area contributed by atoms with Crippen LogP contribution in [0, 0.1) is 0 Å². The van der Waals surface area contributed by atoms with Crippen molar-refractivity contribution in [3.63, 3.8) is 0 Å². The van der Waals surface area contributed by atoms with E-state index in [-0.39, 0.29) is 65.2 Å². The van der Waals surface area contributed by atoms with Gasteiger partial charge in [-0.05, 0) is 0 Å². The fourth-order valence-corrected chi connectivity index (χ4v) is 0. The summed E-state index contributed by atoms with van der Waals surface area (Å²) in [5.41, 5.74) is 0. The van der Waals surface area contributed by atoms with E-state index < -0.39 is 31.3 Å². The van der Waals surface area contributed by atoms with Crippen LogP contribution in [0.5, 0.6) is 0 Å². The largest absolute Gasteiger partial charge is 4.00 e. The average molecular weight is 587 g/mol. The van der Waals surface area contributed by atoms with Crippen LogP contribution < -0.4 is 60.2 Å². The molecule has 0 aliphatic heterocycles. The Balaban J connectivity index is -0.0000000381. The van der Waals surface area contributed by atoms with E-state index in [2.05, 4.69) is 18.7 Å². The average Bonchev–Trinajstić information content (AvgIpc) is 2.37. The Labute approximate surface area is 192 Å². The molecule has 20 nitrogen and oxygen atoms in total. The summed E-state index contributed by atoms with van der Waals surface area (Å²) in [5, 5.41) is 34.3. The van der Waals surface area contributed by atoms with E-state index in [1.807, 2.05) is 0 Å². The number of hydrogen-bond acceptors (Lipinski definition) is 20. The molecule has 0 aromatic rings. The minimum Gasteiger partial charge on any atom is -0.790 e. The standard InChI is InChI=1S/4H3O5P.3Ti/c4*1-5-6(2,3)4;;;/h4*1H,(H2,2,3,4);;;/q;;;;3*+4/p-12. The second-order valence-corrected chi connectivity index (χ2v) is 6.26. The summed E-state index contributed by atoms with van der Waals surface area (Å²) in [4.78, 5) is 71.5. The molecule has 0 atom stereocenters. The summed E-state index contributed by atoms with van der Waals surface area (Å²) in [6.45, 7) is 0. The first-order chi connectivity index (χ1) is 10.2. The van der Waals surface area contributed by atoms with E-state index in [0.717, 1.165) is 0 Å². The van der Waals surface area contributed by atoms with Crippen LogP contribution in [0.15, 0.2) is 0 Å². The molecule has 152 valence electrons. The van der Waals surface area contributed by atoms with Gasteiger partial charge in [0.1, 0.15) is 0 Å². The summed E-state index contributed by atoms with van der Waals surface area (Å²) in [7, 11) is -20.8. The monoisotopic (exact) mass is 588 g/mol. The Morgan fingerprint density at radius 3 is 0.407 bits per heavy atom. The molecule has 0 heterocycles. The smallest absolute Gasteiger partial charge is 0.790 e. The van der Waals surface area contributed by atoms with Gasteiger partial charge in [-0.25, -0.2) is 0 Å². The fourth-order valence-electron chi connectivity index (χ4n) is 0. The van der Waals surface area contributed by atoms with Crippen molar-refractivity contribution in [2.75, 3.05) is 0 Å². The number of rotatable bonds is 4. The van der Waals surface area contributed by atoms with Gasteiger partial charge in [0, 0.05) is 31.3 Å². The maximum Gasteiger partial charge on any atom is 4.00 e. The van der Waals surface area contributed by atoms with Gasteiger partial charge in [0.05, 0.1) is 0 Å². The molecule has 27 heteroatoms. The molecule has 0 rings (SSSR count). The first-order valence-electron chi connectivity index (χ1n) is 3.59. The zero-order chi connectivity index (χ0) is 20.8. The van der Waals surface area contributed by atoms with E-state index >= 15 is 0 Å². The molecule has 0 saturated carbocycles. The van der Waals surface area contributed by atoms with Crippen LogP contribution >= 0.6 is 31.3 Å². The van der Waals surface area contributed by atoms with E-state index in [1.165, 1.54) is 0 Å². The summed E-state index contributed by atoms with van der Waals surface area (Å²) in [6, 6.07) is 0. The van der Waals surface area contributed by atoms with Gasteiger partial charge in [-0.15, -0.1) is 0 Å². The maximum atomic E-state index is 8.94. The molecule has 0 radical (unpaired) electrons. The SMILES string of the molecule is O=P([O-])([O-])O[O-].O=P([O-])([O-])O[O-].O=P([O-])([O-])O[O-].O=P([O-])([O-])O[O-].[Ti+4].[Ti+4].[Ti+4]. The van der Waals surface area contributed by atoms with Crippen LogP contribution in [0.1, 0.15) is 0 Å². The molecule has 0 aliphatic carbocycles. The van der Waals surface area contributed by atoms with Crippen LogP contribution in [-0.2, 0) is 102 Å². The van der Waals surface area contributed by atoms with Crippen molar-refractivity contribution in [2.45, 2.75) is 0 Å². The van der Waals surface area contributed by atoms with Crippen LogP contribution in [0.3, 0.4) is 0 Å². The second-order valence-electron chi connectivity index (χ2n) is 2.09. The first kappa shape index (κ1) is 47.3. The molecular formula is O20P4Ti3. The summed E-state index contributed by atoms with van der Waals surface area (Å²) in [5.74, 6) is 0.